The van der Waals surface area contributed by atoms with E-state index < -0.39 is 5.97 Å². The predicted octanol–water partition coefficient (Wildman–Crippen LogP) is 3.19. The van der Waals surface area contributed by atoms with Gasteiger partial charge in [0.2, 0.25) is 0 Å². The van der Waals surface area contributed by atoms with E-state index in [4.69, 9.17) is 5.11 Å². The number of hydrogen-bond donors (Lipinski definition) is 2. The summed E-state index contributed by atoms with van der Waals surface area (Å²) in [6.45, 7) is 5.99. The van der Waals surface area contributed by atoms with Crippen LogP contribution in [-0.2, 0) is 0 Å². The van der Waals surface area contributed by atoms with Gasteiger partial charge < -0.3 is 15.3 Å². The molecule has 2 amide bonds. The highest BCUT2D eigenvalue weighted by atomic mass is 79.9. The average molecular weight is 327 g/mol. The van der Waals surface area contributed by atoms with Gasteiger partial charge in [0.05, 0.1) is 5.56 Å². The van der Waals surface area contributed by atoms with Crippen molar-refractivity contribution in [3.8, 4) is 0 Å². The van der Waals surface area contributed by atoms with E-state index in [0.717, 1.165) is 5.57 Å². The van der Waals surface area contributed by atoms with Crippen molar-refractivity contribution in [3.05, 3.63) is 40.4 Å². The van der Waals surface area contributed by atoms with Gasteiger partial charge in [0.25, 0.3) is 0 Å². The number of carboxylic acid groups (broad SMARTS) is 1. The third kappa shape index (κ3) is 4.75. The van der Waals surface area contributed by atoms with Gasteiger partial charge in [-0.25, -0.2) is 9.59 Å². The summed E-state index contributed by atoms with van der Waals surface area (Å²) >= 11 is 3.21. The Morgan fingerprint density at radius 3 is 2.58 bits per heavy atom. The fraction of sp³-hybridized carbons (Fsp3) is 0.231. The number of likely N-dealkylation sites (N-methyl/N-ethyl adjacent to an activating group) is 1. The number of urea groups is 1. The molecule has 19 heavy (non-hydrogen) atoms. The number of nitrogens with zero attached hydrogens (tertiary/aromatic N) is 1. The highest BCUT2D eigenvalue weighted by Crippen LogP contribution is 2.20. The van der Waals surface area contributed by atoms with Crippen molar-refractivity contribution in [2.75, 3.05) is 18.9 Å². The number of nitrogens with one attached hydrogen (secondary N) is 1. The van der Waals surface area contributed by atoms with Gasteiger partial charge >= 0.3 is 12.0 Å². The van der Waals surface area contributed by atoms with Crippen LogP contribution in [0.1, 0.15) is 17.3 Å². The maximum absolute atomic E-state index is 11.9. The van der Waals surface area contributed by atoms with Gasteiger partial charge in [0.15, 0.2) is 0 Å². The van der Waals surface area contributed by atoms with Crippen molar-refractivity contribution >= 4 is 33.6 Å². The lowest BCUT2D eigenvalue weighted by Crippen LogP contribution is -2.32. The molecule has 5 nitrogen and oxygen atoms in total. The minimum Gasteiger partial charge on any atom is -0.478 e. The second-order valence-corrected chi connectivity index (χ2v) is 5.19. The molecule has 102 valence electrons. The summed E-state index contributed by atoms with van der Waals surface area (Å²) in [7, 11) is 1.64. The highest BCUT2D eigenvalue weighted by Gasteiger charge is 2.11. The fourth-order valence-corrected chi connectivity index (χ4v) is 1.97. The molecule has 0 aliphatic rings. The number of benzene rings is 1. The van der Waals surface area contributed by atoms with Crippen LogP contribution in [0.3, 0.4) is 0 Å². The highest BCUT2D eigenvalue weighted by molar-refractivity contribution is 9.10. The molecule has 0 aromatic heterocycles. The summed E-state index contributed by atoms with van der Waals surface area (Å²) < 4.78 is 0.588. The van der Waals surface area contributed by atoms with Gasteiger partial charge in [-0.05, 0) is 25.1 Å². The van der Waals surface area contributed by atoms with Gasteiger partial charge in [0, 0.05) is 23.8 Å². The van der Waals surface area contributed by atoms with Crippen LogP contribution < -0.4 is 5.32 Å². The van der Waals surface area contributed by atoms with E-state index in [9.17, 15) is 9.59 Å². The van der Waals surface area contributed by atoms with Crippen molar-refractivity contribution in [2.24, 2.45) is 0 Å². The minimum absolute atomic E-state index is 0.104. The topological polar surface area (TPSA) is 69.6 Å². The van der Waals surface area contributed by atoms with Crippen molar-refractivity contribution in [1.29, 1.82) is 0 Å². The first-order valence-electron chi connectivity index (χ1n) is 5.50. The largest absolute Gasteiger partial charge is 0.478 e. The van der Waals surface area contributed by atoms with Crippen LogP contribution in [0, 0.1) is 0 Å². The number of halogens is 1. The standard InChI is InChI=1S/C13H15BrN2O3/c1-8(2)7-16(3)13(19)15-11-5-9(12(17)18)4-10(14)6-11/h4-6H,1,7H2,2-3H3,(H,15,19)(H,17,18). The third-order valence-electron chi connectivity index (χ3n) is 2.25. The zero-order chi connectivity index (χ0) is 14.6. The Morgan fingerprint density at radius 2 is 2.05 bits per heavy atom. The van der Waals surface area contributed by atoms with E-state index in [1.807, 2.05) is 6.92 Å². The first kappa shape index (κ1) is 15.2. The predicted molar refractivity (Wildman–Crippen MR) is 77.6 cm³/mol. The molecule has 0 saturated heterocycles. The number of hydrogen-bond acceptors (Lipinski definition) is 2. The summed E-state index contributed by atoms with van der Waals surface area (Å²) in [5.41, 5.74) is 1.38. The SMILES string of the molecule is C=C(C)CN(C)C(=O)Nc1cc(Br)cc(C(=O)O)c1. The molecule has 0 heterocycles. The first-order chi connectivity index (χ1) is 8.79. The number of anilines is 1. The van der Waals surface area contributed by atoms with Crippen LogP contribution in [0.4, 0.5) is 10.5 Å². The lowest BCUT2D eigenvalue weighted by atomic mass is 10.2. The number of amides is 2. The lowest BCUT2D eigenvalue weighted by Gasteiger charge is -2.18. The Hall–Kier alpha value is -1.82. The molecule has 6 heteroatoms. The molecule has 0 radical (unpaired) electrons. The van der Waals surface area contributed by atoms with Crippen LogP contribution in [0.5, 0.6) is 0 Å². The molecular formula is C13H15BrN2O3. The maximum atomic E-state index is 11.9. The molecule has 0 saturated carbocycles. The third-order valence-corrected chi connectivity index (χ3v) is 2.71. The molecule has 1 aromatic carbocycles. The summed E-state index contributed by atoms with van der Waals surface area (Å²) in [5.74, 6) is -1.05. The Kier molecular flexibility index (Phi) is 5.11. The second kappa shape index (κ2) is 6.38. The summed E-state index contributed by atoms with van der Waals surface area (Å²) in [4.78, 5) is 24.2. The van der Waals surface area contributed by atoms with E-state index in [-0.39, 0.29) is 11.6 Å². The normalized spacial score (nSPS) is 9.84. The molecule has 2 N–H and O–H groups in total. The molecule has 0 aliphatic carbocycles. The van der Waals surface area contributed by atoms with Crippen molar-refractivity contribution in [1.82, 2.24) is 4.90 Å². The number of carboxylic acids is 1. The van der Waals surface area contributed by atoms with E-state index in [2.05, 4.69) is 27.8 Å². The number of carbonyl (C=O) groups excluding carboxylic acids is 1. The smallest absolute Gasteiger partial charge is 0.335 e. The van der Waals surface area contributed by atoms with Crippen molar-refractivity contribution in [3.63, 3.8) is 0 Å². The van der Waals surface area contributed by atoms with Gasteiger partial charge in [-0.1, -0.05) is 28.1 Å². The van der Waals surface area contributed by atoms with Crippen LogP contribution >= 0.6 is 15.9 Å². The molecule has 0 bridgehead atoms. The first-order valence-corrected chi connectivity index (χ1v) is 6.29. The molecule has 0 spiro atoms. The molecule has 0 aliphatic heterocycles. The van der Waals surface area contributed by atoms with Gasteiger partial charge in [-0.15, -0.1) is 0 Å². The van der Waals surface area contributed by atoms with Crippen LogP contribution in [0.2, 0.25) is 0 Å². The van der Waals surface area contributed by atoms with E-state index in [0.29, 0.717) is 16.7 Å². The zero-order valence-corrected chi connectivity index (χ0v) is 12.3. The van der Waals surface area contributed by atoms with Gasteiger partial charge in [-0.2, -0.15) is 0 Å². The summed E-state index contributed by atoms with van der Waals surface area (Å²) in [5, 5.41) is 11.6. The van der Waals surface area contributed by atoms with Crippen LogP contribution in [0.15, 0.2) is 34.8 Å². The lowest BCUT2D eigenvalue weighted by molar-refractivity contribution is 0.0697. The monoisotopic (exact) mass is 326 g/mol. The maximum Gasteiger partial charge on any atom is 0.335 e. The van der Waals surface area contributed by atoms with Crippen LogP contribution in [-0.4, -0.2) is 35.6 Å². The van der Waals surface area contributed by atoms with Gasteiger partial charge in [-0.3, -0.25) is 0 Å². The molecule has 0 fully saturated rings. The van der Waals surface area contributed by atoms with Crippen molar-refractivity contribution < 1.29 is 14.7 Å². The van der Waals surface area contributed by atoms with Crippen molar-refractivity contribution in [2.45, 2.75) is 6.92 Å². The zero-order valence-electron chi connectivity index (χ0n) is 10.7. The number of aromatic carboxylic acids is 1. The summed E-state index contributed by atoms with van der Waals surface area (Å²) in [6, 6.07) is 4.19. The Morgan fingerprint density at radius 1 is 1.42 bits per heavy atom. The van der Waals surface area contributed by atoms with Crippen LogP contribution in [0.25, 0.3) is 0 Å². The van der Waals surface area contributed by atoms with E-state index >= 15 is 0 Å². The van der Waals surface area contributed by atoms with Gasteiger partial charge in [0.1, 0.15) is 0 Å². The summed E-state index contributed by atoms with van der Waals surface area (Å²) in [6.07, 6.45) is 0. The number of rotatable bonds is 4. The Labute approximate surface area is 120 Å². The molecule has 1 rings (SSSR count). The quantitative estimate of drug-likeness (QED) is 0.835. The van der Waals surface area contributed by atoms with E-state index in [1.165, 1.54) is 17.0 Å². The Balaban J connectivity index is 2.84. The molecular weight excluding hydrogens is 312 g/mol. The van der Waals surface area contributed by atoms with E-state index in [1.54, 1.807) is 13.1 Å². The molecule has 0 unspecified atom stereocenters. The minimum atomic E-state index is -1.05. The average Bonchev–Trinajstić information content (AvgIpc) is 2.26. The molecule has 0 atom stereocenters. The second-order valence-electron chi connectivity index (χ2n) is 4.28. The molecule has 1 aromatic rings. The number of carbonyl (C=O) groups is 2. The Bertz CT molecular complexity index is 529. The fourth-order valence-electron chi connectivity index (χ4n) is 1.48.